The van der Waals surface area contributed by atoms with Crippen LogP contribution in [0.15, 0.2) is 36.5 Å². The lowest BCUT2D eigenvalue weighted by atomic mass is 10.1. The minimum Gasteiger partial charge on any atom is -0.294 e. The second-order valence-corrected chi connectivity index (χ2v) is 2.48. The van der Waals surface area contributed by atoms with Gasteiger partial charge in [-0.15, -0.1) is 0 Å². The Balaban J connectivity index is 4.08. The third-order valence-electron chi connectivity index (χ3n) is 1.25. The monoisotopic (exact) mass is 150 g/mol. The van der Waals surface area contributed by atoms with Crippen molar-refractivity contribution in [2.75, 3.05) is 0 Å². The molecule has 0 aliphatic heterocycles. The van der Waals surface area contributed by atoms with Crippen LogP contribution in [-0.2, 0) is 4.79 Å². The zero-order valence-electron chi connectivity index (χ0n) is 7.18. The molecule has 0 amide bonds. The Hall–Kier alpha value is -1.11. The topological polar surface area (TPSA) is 17.1 Å². The lowest BCUT2D eigenvalue weighted by molar-refractivity contribution is -0.114. The molecule has 0 radical (unpaired) electrons. The molecular weight excluding hydrogens is 136 g/mol. The van der Waals surface area contributed by atoms with E-state index in [4.69, 9.17) is 0 Å². The lowest BCUT2D eigenvalue weighted by Gasteiger charge is -1.93. The molecule has 0 heterocycles. The molecule has 0 bridgehead atoms. The van der Waals surface area contributed by atoms with Gasteiger partial charge in [0.15, 0.2) is 5.78 Å². The minimum atomic E-state index is 0.0856. The Kier molecular flexibility index (Phi) is 4.20. The molecule has 0 spiro atoms. The summed E-state index contributed by atoms with van der Waals surface area (Å²) < 4.78 is 0. The summed E-state index contributed by atoms with van der Waals surface area (Å²) in [5.74, 6) is 0.0856. The molecule has 0 saturated carbocycles. The summed E-state index contributed by atoms with van der Waals surface area (Å²) >= 11 is 0. The number of hydrogen-bond acceptors (Lipinski definition) is 1. The van der Waals surface area contributed by atoms with E-state index in [2.05, 4.69) is 13.2 Å². The summed E-state index contributed by atoms with van der Waals surface area (Å²) in [6.45, 7) is 11.0. The number of carbonyl (C=O) groups is 1. The van der Waals surface area contributed by atoms with Crippen LogP contribution >= 0.6 is 0 Å². The molecule has 0 fully saturated rings. The van der Waals surface area contributed by atoms with Gasteiger partial charge in [-0.1, -0.05) is 37.8 Å². The quantitative estimate of drug-likeness (QED) is 0.445. The van der Waals surface area contributed by atoms with Gasteiger partial charge in [-0.25, -0.2) is 0 Å². The Morgan fingerprint density at radius 2 is 1.91 bits per heavy atom. The van der Waals surface area contributed by atoms with Crippen LogP contribution in [0.1, 0.15) is 20.3 Å². The first-order valence-electron chi connectivity index (χ1n) is 3.63. The van der Waals surface area contributed by atoms with Gasteiger partial charge in [0.05, 0.1) is 0 Å². The SMILES string of the molecule is C=C(C)C=CC(=C)C(=O)CC. The van der Waals surface area contributed by atoms with E-state index in [0.717, 1.165) is 5.57 Å². The number of rotatable bonds is 4. The molecule has 0 aliphatic rings. The maximum Gasteiger partial charge on any atom is 0.162 e. The average molecular weight is 150 g/mol. The number of ketones is 1. The van der Waals surface area contributed by atoms with Crippen molar-refractivity contribution in [3.8, 4) is 0 Å². The van der Waals surface area contributed by atoms with E-state index in [1.54, 1.807) is 12.2 Å². The number of hydrogen-bond donors (Lipinski definition) is 0. The largest absolute Gasteiger partial charge is 0.294 e. The number of Topliss-reactive ketones (excluding diaryl/α,β-unsaturated/α-hetero) is 1. The van der Waals surface area contributed by atoms with E-state index in [1.807, 2.05) is 13.8 Å². The van der Waals surface area contributed by atoms with Crippen molar-refractivity contribution in [3.05, 3.63) is 36.5 Å². The van der Waals surface area contributed by atoms with E-state index in [9.17, 15) is 4.79 Å². The van der Waals surface area contributed by atoms with Crippen molar-refractivity contribution in [3.63, 3.8) is 0 Å². The van der Waals surface area contributed by atoms with Crippen molar-refractivity contribution < 1.29 is 4.79 Å². The van der Waals surface area contributed by atoms with Crippen LogP contribution in [0.4, 0.5) is 0 Å². The van der Waals surface area contributed by atoms with Crippen LogP contribution in [0.25, 0.3) is 0 Å². The van der Waals surface area contributed by atoms with Crippen molar-refractivity contribution in [2.24, 2.45) is 0 Å². The standard InChI is InChI=1S/C10H14O/c1-5-10(11)9(4)7-6-8(2)3/h6-7H,2,4-5H2,1,3H3. The first-order valence-corrected chi connectivity index (χ1v) is 3.63. The number of allylic oxidation sites excluding steroid dienone is 4. The van der Waals surface area contributed by atoms with E-state index < -0.39 is 0 Å². The second-order valence-electron chi connectivity index (χ2n) is 2.48. The van der Waals surface area contributed by atoms with Gasteiger partial charge < -0.3 is 0 Å². The highest BCUT2D eigenvalue weighted by Gasteiger charge is 1.98. The van der Waals surface area contributed by atoms with Gasteiger partial charge in [-0.3, -0.25) is 4.79 Å². The molecule has 0 unspecified atom stereocenters. The maximum atomic E-state index is 10.9. The van der Waals surface area contributed by atoms with Crippen LogP contribution in [0, 0.1) is 0 Å². The predicted octanol–water partition coefficient (Wildman–Crippen LogP) is 2.65. The van der Waals surface area contributed by atoms with E-state index in [1.165, 1.54) is 0 Å². The molecule has 0 aromatic heterocycles. The minimum absolute atomic E-state index is 0.0856. The highest BCUT2D eigenvalue weighted by molar-refractivity contribution is 5.97. The fourth-order valence-electron chi connectivity index (χ4n) is 0.563. The highest BCUT2D eigenvalue weighted by Crippen LogP contribution is 2.00. The molecule has 0 aliphatic carbocycles. The Morgan fingerprint density at radius 3 is 2.27 bits per heavy atom. The maximum absolute atomic E-state index is 10.9. The van der Waals surface area contributed by atoms with Gasteiger partial charge in [-0.05, 0) is 6.92 Å². The molecule has 1 heteroatoms. The Bertz CT molecular complexity index is 209. The van der Waals surface area contributed by atoms with E-state index >= 15 is 0 Å². The predicted molar refractivity (Wildman–Crippen MR) is 48.4 cm³/mol. The summed E-state index contributed by atoms with van der Waals surface area (Å²) in [5.41, 5.74) is 1.48. The first kappa shape index (κ1) is 9.89. The summed E-state index contributed by atoms with van der Waals surface area (Å²) in [4.78, 5) is 10.9. The van der Waals surface area contributed by atoms with Gasteiger partial charge in [0.1, 0.15) is 0 Å². The van der Waals surface area contributed by atoms with Crippen LogP contribution in [0.2, 0.25) is 0 Å². The third kappa shape index (κ3) is 4.31. The van der Waals surface area contributed by atoms with Crippen LogP contribution < -0.4 is 0 Å². The number of carbonyl (C=O) groups excluding carboxylic acids is 1. The molecule has 1 nitrogen and oxygen atoms in total. The fourth-order valence-corrected chi connectivity index (χ4v) is 0.563. The highest BCUT2D eigenvalue weighted by atomic mass is 16.1. The van der Waals surface area contributed by atoms with Crippen molar-refractivity contribution in [1.82, 2.24) is 0 Å². The zero-order valence-corrected chi connectivity index (χ0v) is 7.18. The lowest BCUT2D eigenvalue weighted by Crippen LogP contribution is -1.95. The zero-order chi connectivity index (χ0) is 8.85. The van der Waals surface area contributed by atoms with Crippen LogP contribution in [-0.4, -0.2) is 5.78 Å². The molecule has 0 atom stereocenters. The molecular formula is C10H14O. The van der Waals surface area contributed by atoms with Crippen LogP contribution in [0.5, 0.6) is 0 Å². The summed E-state index contributed by atoms with van der Waals surface area (Å²) in [6.07, 6.45) is 4.00. The van der Waals surface area contributed by atoms with Gasteiger partial charge >= 0.3 is 0 Å². The molecule has 0 aromatic carbocycles. The smallest absolute Gasteiger partial charge is 0.162 e. The molecule has 0 rings (SSSR count). The molecule has 11 heavy (non-hydrogen) atoms. The Morgan fingerprint density at radius 1 is 1.36 bits per heavy atom. The van der Waals surface area contributed by atoms with Crippen LogP contribution in [0.3, 0.4) is 0 Å². The fraction of sp³-hybridized carbons (Fsp3) is 0.300. The average Bonchev–Trinajstić information content (AvgIpc) is 1.98. The van der Waals surface area contributed by atoms with Crippen molar-refractivity contribution >= 4 is 5.78 Å². The molecule has 0 saturated heterocycles. The van der Waals surface area contributed by atoms with Gasteiger partial charge in [-0.2, -0.15) is 0 Å². The van der Waals surface area contributed by atoms with Gasteiger partial charge in [0, 0.05) is 12.0 Å². The van der Waals surface area contributed by atoms with Gasteiger partial charge in [0.25, 0.3) is 0 Å². The molecule has 0 N–H and O–H groups in total. The normalized spacial score (nSPS) is 10.0. The molecule has 60 valence electrons. The Labute approximate surface area is 68.1 Å². The van der Waals surface area contributed by atoms with Crippen molar-refractivity contribution in [2.45, 2.75) is 20.3 Å². The third-order valence-corrected chi connectivity index (χ3v) is 1.25. The van der Waals surface area contributed by atoms with Gasteiger partial charge in [0.2, 0.25) is 0 Å². The van der Waals surface area contributed by atoms with Crippen molar-refractivity contribution in [1.29, 1.82) is 0 Å². The summed E-state index contributed by atoms with van der Waals surface area (Å²) in [7, 11) is 0. The van der Waals surface area contributed by atoms with E-state index in [0.29, 0.717) is 12.0 Å². The van der Waals surface area contributed by atoms with E-state index in [-0.39, 0.29) is 5.78 Å². The molecule has 0 aromatic rings. The summed E-state index contributed by atoms with van der Waals surface area (Å²) in [6, 6.07) is 0. The second kappa shape index (κ2) is 4.67. The first-order chi connectivity index (χ1) is 5.07. The summed E-state index contributed by atoms with van der Waals surface area (Å²) in [5, 5.41) is 0.